The highest BCUT2D eigenvalue weighted by Gasteiger charge is 2.14. The Bertz CT molecular complexity index is 533. The standard InChI is InChI=1S/C36H70O4/c1-3-5-7-9-10-11-12-13-14-15-16-17-18-19-20-21-22-24-29-33-36(39)40-34(30-26-23-8-6-4-2)31-27-25-28-32-35(37)38/h34H,3-33H2,1-2H3,(H,37,38). The minimum atomic E-state index is -0.724. The van der Waals surface area contributed by atoms with Crippen molar-refractivity contribution >= 4 is 11.9 Å². The van der Waals surface area contributed by atoms with Crippen molar-refractivity contribution in [3.8, 4) is 0 Å². The Morgan fingerprint density at radius 3 is 1.12 bits per heavy atom. The highest BCUT2D eigenvalue weighted by atomic mass is 16.5. The second kappa shape index (κ2) is 32.5. The lowest BCUT2D eigenvalue weighted by molar-refractivity contribution is -0.150. The molecule has 0 radical (unpaired) electrons. The van der Waals surface area contributed by atoms with Gasteiger partial charge in [-0.25, -0.2) is 0 Å². The van der Waals surface area contributed by atoms with Gasteiger partial charge in [0.25, 0.3) is 0 Å². The molecule has 0 heterocycles. The highest BCUT2D eigenvalue weighted by molar-refractivity contribution is 5.69. The van der Waals surface area contributed by atoms with Gasteiger partial charge in [0, 0.05) is 12.8 Å². The zero-order chi connectivity index (χ0) is 29.4. The molecule has 238 valence electrons. The maximum atomic E-state index is 12.4. The third kappa shape index (κ3) is 31.5. The molecule has 0 rings (SSSR count). The number of hydrogen-bond acceptors (Lipinski definition) is 3. The summed E-state index contributed by atoms with van der Waals surface area (Å²) in [5, 5.41) is 8.81. The molecule has 0 spiro atoms. The molecule has 1 atom stereocenters. The van der Waals surface area contributed by atoms with Crippen LogP contribution in [0, 0.1) is 0 Å². The first-order chi connectivity index (χ1) is 19.6. The van der Waals surface area contributed by atoms with Crippen LogP contribution in [0.25, 0.3) is 0 Å². The molecule has 0 saturated carbocycles. The number of carbonyl (C=O) groups excluding carboxylic acids is 1. The number of ether oxygens (including phenoxy) is 1. The van der Waals surface area contributed by atoms with Gasteiger partial charge in [-0.2, -0.15) is 0 Å². The van der Waals surface area contributed by atoms with Gasteiger partial charge in [-0.15, -0.1) is 0 Å². The summed E-state index contributed by atoms with van der Waals surface area (Å²) in [4.78, 5) is 23.2. The van der Waals surface area contributed by atoms with Crippen molar-refractivity contribution in [2.75, 3.05) is 0 Å². The minimum Gasteiger partial charge on any atom is -0.481 e. The Morgan fingerprint density at radius 2 is 0.750 bits per heavy atom. The second-order valence-corrected chi connectivity index (χ2v) is 12.4. The van der Waals surface area contributed by atoms with Crippen LogP contribution in [-0.2, 0) is 14.3 Å². The van der Waals surface area contributed by atoms with E-state index in [4.69, 9.17) is 9.84 Å². The predicted octanol–water partition coefficient (Wildman–Crippen LogP) is 12.1. The maximum absolute atomic E-state index is 12.4. The predicted molar refractivity (Wildman–Crippen MR) is 172 cm³/mol. The Hall–Kier alpha value is -1.06. The van der Waals surface area contributed by atoms with Gasteiger partial charge in [-0.05, 0) is 38.5 Å². The van der Waals surface area contributed by atoms with Gasteiger partial charge < -0.3 is 9.84 Å². The summed E-state index contributed by atoms with van der Waals surface area (Å²) in [6.07, 6.45) is 37.1. The van der Waals surface area contributed by atoms with Gasteiger partial charge in [0.2, 0.25) is 0 Å². The fourth-order valence-corrected chi connectivity index (χ4v) is 5.66. The highest BCUT2D eigenvalue weighted by Crippen LogP contribution is 2.18. The maximum Gasteiger partial charge on any atom is 0.306 e. The van der Waals surface area contributed by atoms with Crippen LogP contribution in [-0.4, -0.2) is 23.1 Å². The number of aliphatic carboxylic acids is 1. The summed E-state index contributed by atoms with van der Waals surface area (Å²) < 4.78 is 5.87. The second-order valence-electron chi connectivity index (χ2n) is 12.4. The van der Waals surface area contributed by atoms with E-state index in [-0.39, 0.29) is 18.5 Å². The molecule has 0 aromatic carbocycles. The van der Waals surface area contributed by atoms with E-state index in [0.717, 1.165) is 44.9 Å². The monoisotopic (exact) mass is 567 g/mol. The van der Waals surface area contributed by atoms with Crippen LogP contribution in [0.3, 0.4) is 0 Å². The molecule has 0 aliphatic heterocycles. The fourth-order valence-electron chi connectivity index (χ4n) is 5.66. The minimum absolute atomic E-state index is 0.0132. The zero-order valence-electron chi connectivity index (χ0n) is 27.2. The van der Waals surface area contributed by atoms with Crippen molar-refractivity contribution in [2.45, 2.75) is 219 Å². The van der Waals surface area contributed by atoms with Gasteiger partial charge >= 0.3 is 11.9 Å². The summed E-state index contributed by atoms with van der Waals surface area (Å²) in [7, 11) is 0. The zero-order valence-corrected chi connectivity index (χ0v) is 27.2. The Labute approximate surface area is 250 Å². The summed E-state index contributed by atoms with van der Waals surface area (Å²) in [6.45, 7) is 4.51. The van der Waals surface area contributed by atoms with Gasteiger partial charge in [-0.1, -0.05) is 162 Å². The third-order valence-electron chi connectivity index (χ3n) is 8.33. The van der Waals surface area contributed by atoms with Crippen LogP contribution in [0.15, 0.2) is 0 Å². The average molecular weight is 567 g/mol. The summed E-state index contributed by atoms with van der Waals surface area (Å²) >= 11 is 0. The molecule has 0 aromatic rings. The van der Waals surface area contributed by atoms with Crippen molar-refractivity contribution in [1.82, 2.24) is 0 Å². The average Bonchev–Trinajstić information content (AvgIpc) is 2.93. The Balaban J connectivity index is 3.65. The van der Waals surface area contributed by atoms with E-state index in [1.54, 1.807) is 0 Å². The molecule has 1 unspecified atom stereocenters. The van der Waals surface area contributed by atoms with E-state index in [2.05, 4.69) is 13.8 Å². The molecular formula is C36H70O4. The third-order valence-corrected chi connectivity index (χ3v) is 8.33. The van der Waals surface area contributed by atoms with E-state index in [1.165, 1.54) is 135 Å². The van der Waals surface area contributed by atoms with Crippen LogP contribution >= 0.6 is 0 Å². The SMILES string of the molecule is CCCCCCCCCCCCCCCCCCCCCC(=O)OC(CCCCCCC)CCCCCC(=O)O. The normalized spacial score (nSPS) is 12.1. The van der Waals surface area contributed by atoms with Gasteiger partial charge in [0.1, 0.15) is 6.10 Å². The number of rotatable bonds is 33. The topological polar surface area (TPSA) is 63.6 Å². The summed E-state index contributed by atoms with van der Waals surface area (Å²) in [5.74, 6) is -0.755. The lowest BCUT2D eigenvalue weighted by Gasteiger charge is -2.18. The molecule has 0 aliphatic carbocycles. The molecule has 0 aromatic heterocycles. The molecule has 40 heavy (non-hydrogen) atoms. The van der Waals surface area contributed by atoms with E-state index in [1.807, 2.05) is 0 Å². The van der Waals surface area contributed by atoms with E-state index in [0.29, 0.717) is 12.8 Å². The van der Waals surface area contributed by atoms with E-state index in [9.17, 15) is 9.59 Å². The van der Waals surface area contributed by atoms with Crippen molar-refractivity contribution in [3.05, 3.63) is 0 Å². The smallest absolute Gasteiger partial charge is 0.306 e. The Kier molecular flexibility index (Phi) is 31.6. The molecule has 0 bridgehead atoms. The van der Waals surface area contributed by atoms with Crippen LogP contribution in [0.4, 0.5) is 0 Å². The van der Waals surface area contributed by atoms with Crippen LogP contribution in [0.1, 0.15) is 213 Å². The largest absolute Gasteiger partial charge is 0.481 e. The molecule has 1 N–H and O–H groups in total. The van der Waals surface area contributed by atoms with Crippen LogP contribution in [0.2, 0.25) is 0 Å². The molecule has 4 heteroatoms. The Morgan fingerprint density at radius 1 is 0.450 bits per heavy atom. The van der Waals surface area contributed by atoms with E-state index >= 15 is 0 Å². The van der Waals surface area contributed by atoms with E-state index < -0.39 is 5.97 Å². The van der Waals surface area contributed by atoms with Crippen molar-refractivity contribution in [2.24, 2.45) is 0 Å². The first-order valence-electron chi connectivity index (χ1n) is 18.0. The number of unbranched alkanes of at least 4 members (excludes halogenated alkanes) is 24. The molecule has 0 amide bonds. The van der Waals surface area contributed by atoms with Gasteiger partial charge in [-0.3, -0.25) is 9.59 Å². The lowest BCUT2D eigenvalue weighted by atomic mass is 10.0. The summed E-state index contributed by atoms with van der Waals surface area (Å²) in [6, 6.07) is 0. The van der Waals surface area contributed by atoms with Gasteiger partial charge in [0.15, 0.2) is 0 Å². The number of esters is 1. The van der Waals surface area contributed by atoms with Crippen molar-refractivity contribution in [3.63, 3.8) is 0 Å². The fraction of sp³-hybridized carbons (Fsp3) is 0.944. The molecule has 0 fully saturated rings. The molecule has 4 nitrogen and oxygen atoms in total. The number of carboxylic acid groups (broad SMARTS) is 1. The number of carbonyl (C=O) groups is 2. The van der Waals surface area contributed by atoms with Crippen LogP contribution in [0.5, 0.6) is 0 Å². The number of carboxylic acids is 1. The number of hydrogen-bond donors (Lipinski definition) is 1. The van der Waals surface area contributed by atoms with Crippen molar-refractivity contribution in [1.29, 1.82) is 0 Å². The molecule has 0 saturated heterocycles. The van der Waals surface area contributed by atoms with Crippen molar-refractivity contribution < 1.29 is 19.4 Å². The van der Waals surface area contributed by atoms with Crippen LogP contribution < -0.4 is 0 Å². The first-order valence-corrected chi connectivity index (χ1v) is 18.0. The van der Waals surface area contributed by atoms with Gasteiger partial charge in [0.05, 0.1) is 0 Å². The quantitative estimate of drug-likeness (QED) is 0.0633. The molecule has 0 aliphatic rings. The first kappa shape index (κ1) is 38.9. The summed E-state index contributed by atoms with van der Waals surface area (Å²) in [5.41, 5.74) is 0. The lowest BCUT2D eigenvalue weighted by Crippen LogP contribution is -2.18. The molecular weight excluding hydrogens is 496 g/mol.